The molecule has 1 aliphatic rings. The Balaban J connectivity index is 1.95. The van der Waals surface area contributed by atoms with Crippen LogP contribution in [0.5, 0.6) is 0 Å². The van der Waals surface area contributed by atoms with E-state index in [1.165, 1.54) is 6.07 Å². The minimum Gasteiger partial charge on any atom is -0.368 e. The predicted octanol–water partition coefficient (Wildman–Crippen LogP) is 1.56. The Labute approximate surface area is 106 Å². The molecule has 6 heteroatoms. The molecule has 2 heterocycles. The van der Waals surface area contributed by atoms with Crippen molar-refractivity contribution >= 4 is 11.5 Å². The monoisotopic (exact) mass is 250 g/mol. The minimum absolute atomic E-state index is 0.100. The number of hydrogen-bond acceptors (Lipinski definition) is 5. The summed E-state index contributed by atoms with van der Waals surface area (Å²) in [7, 11) is 0. The smallest absolute Gasteiger partial charge is 0.363 e. The van der Waals surface area contributed by atoms with Gasteiger partial charge >= 0.3 is 5.82 Å². The molecule has 0 aliphatic carbocycles. The summed E-state index contributed by atoms with van der Waals surface area (Å²) in [6.07, 6.45) is 4.94. The first-order valence-electron chi connectivity index (χ1n) is 6.26. The normalized spacial score (nSPS) is 16.8. The van der Waals surface area contributed by atoms with Gasteiger partial charge in [-0.25, -0.2) is 0 Å². The standard InChI is InChI=1S/C12H18N4O2/c13-6-3-10-4-7-15(8-5-10)11-1-2-12(14-9-11)16(17)18/h1-2,9-10H,3-8,13H2. The van der Waals surface area contributed by atoms with E-state index in [9.17, 15) is 10.1 Å². The van der Waals surface area contributed by atoms with Crippen LogP contribution in [0.1, 0.15) is 19.3 Å². The molecule has 98 valence electrons. The molecule has 2 rings (SSSR count). The Kier molecular flexibility index (Phi) is 4.09. The Bertz CT molecular complexity index is 399. The maximum absolute atomic E-state index is 10.5. The highest BCUT2D eigenvalue weighted by Gasteiger charge is 2.20. The van der Waals surface area contributed by atoms with E-state index in [0.717, 1.165) is 50.5 Å². The number of hydrogen-bond donors (Lipinski definition) is 1. The van der Waals surface area contributed by atoms with Gasteiger partial charge in [0, 0.05) is 19.2 Å². The third-order valence-corrected chi connectivity index (χ3v) is 3.47. The van der Waals surface area contributed by atoms with E-state index >= 15 is 0 Å². The second kappa shape index (κ2) is 5.77. The summed E-state index contributed by atoms with van der Waals surface area (Å²) >= 11 is 0. The van der Waals surface area contributed by atoms with Crippen molar-refractivity contribution in [3.63, 3.8) is 0 Å². The lowest BCUT2D eigenvalue weighted by atomic mass is 9.93. The zero-order valence-corrected chi connectivity index (χ0v) is 10.3. The van der Waals surface area contributed by atoms with Crippen LogP contribution in [0.2, 0.25) is 0 Å². The lowest BCUT2D eigenvalue weighted by Crippen LogP contribution is -2.34. The Hall–Kier alpha value is -1.69. The first-order chi connectivity index (χ1) is 8.70. The van der Waals surface area contributed by atoms with Crippen molar-refractivity contribution in [1.82, 2.24) is 4.98 Å². The van der Waals surface area contributed by atoms with Gasteiger partial charge in [-0.3, -0.25) is 0 Å². The quantitative estimate of drug-likeness (QED) is 0.647. The molecule has 2 N–H and O–H groups in total. The maximum atomic E-state index is 10.5. The average molecular weight is 250 g/mol. The van der Waals surface area contributed by atoms with Gasteiger partial charge in [0.05, 0.1) is 5.69 Å². The highest BCUT2D eigenvalue weighted by Crippen LogP contribution is 2.25. The van der Waals surface area contributed by atoms with Crippen LogP contribution in [0.15, 0.2) is 18.3 Å². The molecule has 1 aliphatic heterocycles. The van der Waals surface area contributed by atoms with Crippen molar-refractivity contribution in [1.29, 1.82) is 0 Å². The van der Waals surface area contributed by atoms with Crippen LogP contribution >= 0.6 is 0 Å². The van der Waals surface area contributed by atoms with Gasteiger partial charge in [-0.2, -0.15) is 0 Å². The first-order valence-corrected chi connectivity index (χ1v) is 6.26. The van der Waals surface area contributed by atoms with Crippen molar-refractivity contribution in [3.05, 3.63) is 28.4 Å². The van der Waals surface area contributed by atoms with Gasteiger partial charge < -0.3 is 20.7 Å². The predicted molar refractivity (Wildman–Crippen MR) is 69.5 cm³/mol. The molecule has 0 radical (unpaired) electrons. The van der Waals surface area contributed by atoms with Crippen molar-refractivity contribution < 1.29 is 4.92 Å². The maximum Gasteiger partial charge on any atom is 0.363 e. The number of pyridine rings is 1. The van der Waals surface area contributed by atoms with Crippen LogP contribution in [0.25, 0.3) is 0 Å². The largest absolute Gasteiger partial charge is 0.368 e. The zero-order chi connectivity index (χ0) is 13.0. The summed E-state index contributed by atoms with van der Waals surface area (Å²) in [5.74, 6) is 0.619. The van der Waals surface area contributed by atoms with Crippen molar-refractivity contribution in [2.75, 3.05) is 24.5 Å². The Morgan fingerprint density at radius 2 is 2.17 bits per heavy atom. The van der Waals surface area contributed by atoms with Gasteiger partial charge in [-0.05, 0) is 47.7 Å². The zero-order valence-electron chi connectivity index (χ0n) is 10.3. The van der Waals surface area contributed by atoms with Crippen LogP contribution in [-0.4, -0.2) is 29.5 Å². The lowest BCUT2D eigenvalue weighted by molar-refractivity contribution is -0.389. The van der Waals surface area contributed by atoms with E-state index in [4.69, 9.17) is 5.73 Å². The fraction of sp³-hybridized carbons (Fsp3) is 0.583. The summed E-state index contributed by atoms with van der Waals surface area (Å²) < 4.78 is 0. The third-order valence-electron chi connectivity index (χ3n) is 3.47. The number of nitrogens with two attached hydrogens (primary N) is 1. The molecule has 0 amide bonds. The fourth-order valence-electron chi connectivity index (χ4n) is 2.39. The molecule has 0 atom stereocenters. The second-order valence-electron chi connectivity index (χ2n) is 4.64. The molecule has 1 aromatic heterocycles. The molecule has 0 saturated carbocycles. The van der Waals surface area contributed by atoms with E-state index in [1.807, 2.05) is 0 Å². The molecule has 0 aromatic carbocycles. The fourth-order valence-corrected chi connectivity index (χ4v) is 2.39. The van der Waals surface area contributed by atoms with E-state index in [2.05, 4.69) is 9.88 Å². The van der Waals surface area contributed by atoms with Gasteiger partial charge in [0.1, 0.15) is 0 Å². The second-order valence-corrected chi connectivity index (χ2v) is 4.64. The number of nitro groups is 1. The van der Waals surface area contributed by atoms with Gasteiger partial charge in [0.25, 0.3) is 0 Å². The third kappa shape index (κ3) is 2.95. The van der Waals surface area contributed by atoms with Crippen LogP contribution < -0.4 is 10.6 Å². The number of piperidine rings is 1. The van der Waals surface area contributed by atoms with Crippen LogP contribution in [0, 0.1) is 16.0 Å². The van der Waals surface area contributed by atoms with Gasteiger partial charge in [-0.1, -0.05) is 0 Å². The molecule has 1 saturated heterocycles. The number of nitrogens with zero attached hydrogens (tertiary/aromatic N) is 3. The Morgan fingerprint density at radius 3 is 2.67 bits per heavy atom. The highest BCUT2D eigenvalue weighted by atomic mass is 16.6. The SMILES string of the molecule is NCCC1CCN(c2ccc([N+](=O)[O-])nc2)CC1. The average Bonchev–Trinajstić information content (AvgIpc) is 2.40. The number of rotatable bonds is 4. The first kappa shape index (κ1) is 12.8. The summed E-state index contributed by atoms with van der Waals surface area (Å²) in [5.41, 5.74) is 6.53. The Morgan fingerprint density at radius 1 is 1.44 bits per heavy atom. The van der Waals surface area contributed by atoms with Crippen LogP contribution in [0.4, 0.5) is 11.5 Å². The lowest BCUT2D eigenvalue weighted by Gasteiger charge is -2.32. The molecule has 0 unspecified atom stereocenters. The van der Waals surface area contributed by atoms with E-state index in [1.54, 1.807) is 12.3 Å². The molecular formula is C12H18N4O2. The van der Waals surface area contributed by atoms with E-state index < -0.39 is 4.92 Å². The number of aromatic nitrogens is 1. The van der Waals surface area contributed by atoms with Gasteiger partial charge in [0.2, 0.25) is 0 Å². The van der Waals surface area contributed by atoms with Crippen molar-refractivity contribution in [2.45, 2.75) is 19.3 Å². The summed E-state index contributed by atoms with van der Waals surface area (Å²) in [6, 6.07) is 3.23. The van der Waals surface area contributed by atoms with Crippen LogP contribution in [-0.2, 0) is 0 Å². The van der Waals surface area contributed by atoms with Gasteiger partial charge in [0.15, 0.2) is 6.20 Å². The molecular weight excluding hydrogens is 232 g/mol. The van der Waals surface area contributed by atoms with Crippen molar-refractivity contribution in [3.8, 4) is 0 Å². The van der Waals surface area contributed by atoms with Crippen molar-refractivity contribution in [2.24, 2.45) is 11.7 Å². The van der Waals surface area contributed by atoms with E-state index in [0.29, 0.717) is 0 Å². The summed E-state index contributed by atoms with van der Waals surface area (Å²) in [5, 5.41) is 10.5. The minimum atomic E-state index is -0.475. The molecule has 0 spiro atoms. The molecule has 6 nitrogen and oxygen atoms in total. The summed E-state index contributed by atoms with van der Waals surface area (Å²) in [6.45, 7) is 2.71. The van der Waals surface area contributed by atoms with Gasteiger partial charge in [-0.15, -0.1) is 0 Å². The number of anilines is 1. The van der Waals surface area contributed by atoms with Crippen LogP contribution in [0.3, 0.4) is 0 Å². The molecule has 1 aromatic rings. The molecule has 1 fully saturated rings. The topological polar surface area (TPSA) is 85.3 Å². The molecule has 18 heavy (non-hydrogen) atoms. The van der Waals surface area contributed by atoms with E-state index in [-0.39, 0.29) is 5.82 Å². The highest BCUT2D eigenvalue weighted by molar-refractivity contribution is 5.46. The summed E-state index contributed by atoms with van der Waals surface area (Å²) in [4.78, 5) is 16.1. The molecule has 0 bridgehead atoms.